The molecule has 4 aliphatic heterocycles. The largest absolute Gasteiger partial charge is 0.339 e. The maximum atomic E-state index is 13.0. The molecule has 0 N–H and O–H groups in total. The van der Waals surface area contributed by atoms with Crippen molar-refractivity contribution in [1.82, 2.24) is 19.6 Å². The number of benzene rings is 1. The summed E-state index contributed by atoms with van der Waals surface area (Å²) in [7, 11) is 1.95. The highest BCUT2D eigenvalue weighted by atomic mass is 19.1. The van der Waals surface area contributed by atoms with Crippen molar-refractivity contribution in [3.05, 3.63) is 35.6 Å². The molecule has 1 amide bonds. The average Bonchev–Trinajstić information content (AvgIpc) is 2.70. The van der Waals surface area contributed by atoms with E-state index >= 15 is 0 Å². The first-order chi connectivity index (χ1) is 13.1. The molecule has 1 aromatic carbocycles. The number of halogens is 1. The summed E-state index contributed by atoms with van der Waals surface area (Å²) in [6.07, 6.45) is 2.69. The molecule has 1 aromatic rings. The van der Waals surface area contributed by atoms with Crippen molar-refractivity contribution in [1.29, 1.82) is 0 Å². The number of carbonyl (C=O) groups excluding carboxylic acids is 1. The molecule has 0 aliphatic carbocycles. The van der Waals surface area contributed by atoms with Crippen LogP contribution in [0.2, 0.25) is 0 Å². The number of carbonyl (C=O) groups is 1. The van der Waals surface area contributed by atoms with Crippen molar-refractivity contribution < 1.29 is 9.18 Å². The van der Waals surface area contributed by atoms with E-state index in [1.165, 1.54) is 44.6 Å². The molecule has 5 nitrogen and oxygen atoms in total. The number of hydrogen-bond donors (Lipinski definition) is 0. The lowest BCUT2D eigenvalue weighted by molar-refractivity contribution is -0.135. The first-order valence-electron chi connectivity index (χ1n) is 10.3. The lowest BCUT2D eigenvalue weighted by Crippen LogP contribution is -2.61. The third-order valence-corrected chi connectivity index (χ3v) is 6.53. The fourth-order valence-electron chi connectivity index (χ4n) is 4.94. The minimum Gasteiger partial charge on any atom is -0.339 e. The quantitative estimate of drug-likeness (QED) is 0.781. The molecule has 4 aliphatic rings. The Kier molecular flexibility index (Phi) is 5.76. The van der Waals surface area contributed by atoms with Crippen LogP contribution < -0.4 is 0 Å². The second-order valence-electron chi connectivity index (χ2n) is 8.42. The van der Waals surface area contributed by atoms with Crippen LogP contribution in [0.5, 0.6) is 0 Å². The first-order valence-corrected chi connectivity index (χ1v) is 10.3. The second kappa shape index (κ2) is 8.25. The lowest BCUT2D eigenvalue weighted by Gasteiger charge is -2.51. The summed E-state index contributed by atoms with van der Waals surface area (Å²) >= 11 is 0. The molecule has 27 heavy (non-hydrogen) atoms. The predicted molar refractivity (Wildman–Crippen MR) is 104 cm³/mol. The Hall–Kier alpha value is -1.50. The van der Waals surface area contributed by atoms with Crippen molar-refractivity contribution in [2.45, 2.75) is 25.4 Å². The topological polar surface area (TPSA) is 30.0 Å². The minimum atomic E-state index is -0.224. The van der Waals surface area contributed by atoms with Gasteiger partial charge in [-0.1, -0.05) is 12.1 Å². The summed E-state index contributed by atoms with van der Waals surface area (Å²) in [5.74, 6) is 0.839. The van der Waals surface area contributed by atoms with Gasteiger partial charge in [-0.15, -0.1) is 0 Å². The van der Waals surface area contributed by atoms with E-state index in [1.807, 2.05) is 16.8 Å². The third-order valence-electron chi connectivity index (χ3n) is 6.53. The van der Waals surface area contributed by atoms with Crippen LogP contribution in [-0.4, -0.2) is 91.0 Å². The van der Waals surface area contributed by atoms with Crippen molar-refractivity contribution in [3.63, 3.8) is 0 Å². The summed E-state index contributed by atoms with van der Waals surface area (Å²) in [5.41, 5.74) is 1.03. The molecule has 0 unspecified atom stereocenters. The molecular formula is C21H31FN4O. The Morgan fingerprint density at radius 1 is 1.07 bits per heavy atom. The van der Waals surface area contributed by atoms with Gasteiger partial charge in [0.1, 0.15) is 5.82 Å². The summed E-state index contributed by atoms with van der Waals surface area (Å²) in [4.78, 5) is 21.9. The lowest BCUT2D eigenvalue weighted by atomic mass is 9.83. The van der Waals surface area contributed by atoms with Gasteiger partial charge in [-0.3, -0.25) is 14.6 Å². The number of nitrogens with zero attached hydrogens (tertiary/aromatic N) is 4. The molecule has 0 radical (unpaired) electrons. The highest BCUT2D eigenvalue weighted by molar-refractivity contribution is 5.78. The smallest absolute Gasteiger partial charge is 0.236 e. The predicted octanol–water partition coefficient (Wildman–Crippen LogP) is 1.50. The SMILES string of the molecule is CN(CC(=O)N1CCN([C@H]2CN3CCC2CC3)CC1)Cc1ccc(F)cc1. The van der Waals surface area contributed by atoms with Crippen molar-refractivity contribution in [2.75, 3.05) is 59.4 Å². The number of piperidine rings is 3. The summed E-state index contributed by atoms with van der Waals surface area (Å²) in [5, 5.41) is 0. The Balaban J connectivity index is 1.23. The van der Waals surface area contributed by atoms with E-state index in [4.69, 9.17) is 0 Å². The summed E-state index contributed by atoms with van der Waals surface area (Å²) < 4.78 is 13.0. The van der Waals surface area contributed by atoms with E-state index in [0.717, 1.165) is 37.7 Å². The fraction of sp³-hybridized carbons (Fsp3) is 0.667. The zero-order chi connectivity index (χ0) is 18.8. The molecule has 4 heterocycles. The summed E-state index contributed by atoms with van der Waals surface area (Å²) in [6.45, 7) is 8.53. The molecule has 2 bridgehead atoms. The van der Waals surface area contributed by atoms with Gasteiger partial charge in [0.05, 0.1) is 6.54 Å². The van der Waals surface area contributed by atoms with E-state index in [-0.39, 0.29) is 11.7 Å². The maximum Gasteiger partial charge on any atom is 0.236 e. The van der Waals surface area contributed by atoms with Crippen LogP contribution in [0.15, 0.2) is 24.3 Å². The molecule has 4 saturated heterocycles. The molecule has 0 spiro atoms. The first kappa shape index (κ1) is 18.8. The number of likely N-dealkylation sites (N-methyl/N-ethyl adjacent to an activating group) is 1. The van der Waals surface area contributed by atoms with Gasteiger partial charge < -0.3 is 9.80 Å². The van der Waals surface area contributed by atoms with Gasteiger partial charge in [0.2, 0.25) is 5.91 Å². The maximum absolute atomic E-state index is 13.0. The number of piperazine rings is 1. The average molecular weight is 375 g/mol. The van der Waals surface area contributed by atoms with Crippen molar-refractivity contribution in [2.24, 2.45) is 5.92 Å². The van der Waals surface area contributed by atoms with E-state index in [1.54, 1.807) is 12.1 Å². The van der Waals surface area contributed by atoms with Gasteiger partial charge in [-0.2, -0.15) is 0 Å². The monoisotopic (exact) mass is 374 g/mol. The van der Waals surface area contributed by atoms with Crippen LogP contribution >= 0.6 is 0 Å². The minimum absolute atomic E-state index is 0.202. The molecule has 0 aromatic heterocycles. The van der Waals surface area contributed by atoms with Crippen LogP contribution in [0.3, 0.4) is 0 Å². The highest BCUT2D eigenvalue weighted by Gasteiger charge is 2.38. The van der Waals surface area contributed by atoms with Crippen molar-refractivity contribution in [3.8, 4) is 0 Å². The Morgan fingerprint density at radius 3 is 2.33 bits per heavy atom. The zero-order valence-electron chi connectivity index (χ0n) is 16.3. The number of fused-ring (bicyclic) bond motifs is 3. The van der Waals surface area contributed by atoms with E-state index in [9.17, 15) is 9.18 Å². The Morgan fingerprint density at radius 2 is 1.74 bits per heavy atom. The number of hydrogen-bond acceptors (Lipinski definition) is 4. The second-order valence-corrected chi connectivity index (χ2v) is 8.42. The van der Waals surface area contributed by atoms with Gasteiger partial charge in [0.25, 0.3) is 0 Å². The molecule has 1 atom stereocenters. The Bertz CT molecular complexity index is 636. The highest BCUT2D eigenvalue weighted by Crippen LogP contribution is 2.31. The van der Waals surface area contributed by atoms with Crippen LogP contribution in [0.25, 0.3) is 0 Å². The van der Waals surface area contributed by atoms with Gasteiger partial charge in [-0.05, 0) is 56.6 Å². The Labute approximate surface area is 161 Å². The molecule has 0 saturated carbocycles. The number of rotatable bonds is 5. The molecule has 6 heteroatoms. The normalized spacial score (nSPS) is 28.7. The summed E-state index contributed by atoms with van der Waals surface area (Å²) in [6, 6.07) is 7.20. The fourth-order valence-corrected chi connectivity index (χ4v) is 4.94. The number of amides is 1. The van der Waals surface area contributed by atoms with Gasteiger partial charge >= 0.3 is 0 Å². The molecule has 148 valence electrons. The molecule has 4 fully saturated rings. The molecular weight excluding hydrogens is 343 g/mol. The van der Waals surface area contributed by atoms with Crippen LogP contribution in [0.4, 0.5) is 4.39 Å². The van der Waals surface area contributed by atoms with Gasteiger partial charge in [0.15, 0.2) is 0 Å². The van der Waals surface area contributed by atoms with E-state index < -0.39 is 0 Å². The standard InChI is InChI=1S/C21H31FN4O/c1-23(14-17-2-4-19(22)5-3-17)16-21(27)26-12-10-25(11-13-26)20-15-24-8-6-18(20)7-9-24/h2-5,18,20H,6-16H2,1H3/t20-/m0/s1. The van der Waals surface area contributed by atoms with Crippen LogP contribution in [-0.2, 0) is 11.3 Å². The third kappa shape index (κ3) is 4.50. The zero-order valence-corrected chi connectivity index (χ0v) is 16.3. The van der Waals surface area contributed by atoms with E-state index in [2.05, 4.69) is 9.80 Å². The van der Waals surface area contributed by atoms with Crippen LogP contribution in [0, 0.1) is 11.7 Å². The van der Waals surface area contributed by atoms with Gasteiger partial charge in [-0.25, -0.2) is 4.39 Å². The molecule has 5 rings (SSSR count). The van der Waals surface area contributed by atoms with Crippen molar-refractivity contribution >= 4 is 5.91 Å². The van der Waals surface area contributed by atoms with Crippen LogP contribution in [0.1, 0.15) is 18.4 Å². The van der Waals surface area contributed by atoms with Gasteiger partial charge in [0, 0.05) is 45.3 Å². The van der Waals surface area contributed by atoms with E-state index in [0.29, 0.717) is 19.1 Å².